The lowest BCUT2D eigenvalue weighted by Crippen LogP contribution is -2.52. The largest absolute Gasteiger partial charge is 0.508 e. The van der Waals surface area contributed by atoms with Crippen molar-refractivity contribution in [2.45, 2.75) is 64.1 Å². The molecule has 1 saturated heterocycles. The minimum Gasteiger partial charge on any atom is -0.508 e. The predicted octanol–water partition coefficient (Wildman–Crippen LogP) is 4.35. The van der Waals surface area contributed by atoms with Gasteiger partial charge in [-0.3, -0.25) is 4.79 Å². The maximum Gasteiger partial charge on any atom is 0.238 e. The SMILES string of the molecule is CC(C)(C)C1SC(C)(c2ccc(O)cc2)N(C(C)(C)C)C1=O. The van der Waals surface area contributed by atoms with Crippen molar-refractivity contribution in [1.29, 1.82) is 0 Å². The van der Waals surface area contributed by atoms with Gasteiger partial charge in [0.05, 0.1) is 5.25 Å². The second-order valence-electron chi connectivity index (χ2n) is 8.24. The molecule has 22 heavy (non-hydrogen) atoms. The first-order chi connectivity index (χ1) is 9.87. The van der Waals surface area contributed by atoms with Gasteiger partial charge in [-0.25, -0.2) is 0 Å². The highest BCUT2D eigenvalue weighted by Gasteiger charge is 2.56. The highest BCUT2D eigenvalue weighted by Crippen LogP contribution is 2.55. The van der Waals surface area contributed by atoms with Gasteiger partial charge in [-0.05, 0) is 50.8 Å². The number of amides is 1. The highest BCUT2D eigenvalue weighted by atomic mass is 32.2. The van der Waals surface area contributed by atoms with Crippen LogP contribution in [0.5, 0.6) is 5.75 Å². The van der Waals surface area contributed by atoms with Gasteiger partial charge in [0.15, 0.2) is 0 Å². The predicted molar refractivity (Wildman–Crippen MR) is 92.9 cm³/mol. The molecule has 0 bridgehead atoms. The topological polar surface area (TPSA) is 40.5 Å². The van der Waals surface area contributed by atoms with Crippen LogP contribution >= 0.6 is 11.8 Å². The van der Waals surface area contributed by atoms with Crippen LogP contribution in [0.15, 0.2) is 24.3 Å². The summed E-state index contributed by atoms with van der Waals surface area (Å²) in [6.45, 7) is 14.7. The van der Waals surface area contributed by atoms with E-state index >= 15 is 0 Å². The van der Waals surface area contributed by atoms with Gasteiger partial charge in [0.2, 0.25) is 5.91 Å². The van der Waals surface area contributed by atoms with Crippen LogP contribution in [-0.4, -0.2) is 26.7 Å². The standard InChI is InChI=1S/C18H27NO2S/c1-16(2,3)14-15(21)19(17(4,5)6)18(7,22-14)12-8-10-13(20)11-9-12/h8-11,14,20H,1-7H3. The fourth-order valence-electron chi connectivity index (χ4n) is 3.15. The van der Waals surface area contributed by atoms with Gasteiger partial charge in [-0.2, -0.15) is 0 Å². The van der Waals surface area contributed by atoms with Crippen molar-refractivity contribution in [3.8, 4) is 5.75 Å². The number of phenols is 1. The van der Waals surface area contributed by atoms with Crippen LogP contribution in [0.3, 0.4) is 0 Å². The lowest BCUT2D eigenvalue weighted by Gasteiger charge is -2.43. The second-order valence-corrected chi connectivity index (χ2v) is 9.74. The van der Waals surface area contributed by atoms with E-state index in [1.807, 2.05) is 17.0 Å². The summed E-state index contributed by atoms with van der Waals surface area (Å²) in [5.41, 5.74) is 0.682. The van der Waals surface area contributed by atoms with Crippen LogP contribution < -0.4 is 0 Å². The summed E-state index contributed by atoms with van der Waals surface area (Å²) in [6, 6.07) is 7.21. The molecule has 4 heteroatoms. The van der Waals surface area contributed by atoms with E-state index in [1.165, 1.54) is 0 Å². The summed E-state index contributed by atoms with van der Waals surface area (Å²) in [5, 5.41) is 9.48. The Balaban J connectivity index is 2.56. The molecule has 1 aliphatic heterocycles. The maximum absolute atomic E-state index is 13.1. The van der Waals surface area contributed by atoms with E-state index < -0.39 is 4.87 Å². The third kappa shape index (κ3) is 2.85. The lowest BCUT2D eigenvalue weighted by molar-refractivity contribution is -0.139. The minimum atomic E-state index is -0.430. The molecule has 1 N–H and O–H groups in total. The smallest absolute Gasteiger partial charge is 0.238 e. The van der Waals surface area contributed by atoms with Crippen molar-refractivity contribution in [2.75, 3.05) is 0 Å². The number of aromatic hydroxyl groups is 1. The molecule has 1 fully saturated rings. The normalized spacial score (nSPS) is 26.6. The lowest BCUT2D eigenvalue weighted by atomic mass is 9.89. The minimum absolute atomic E-state index is 0.0782. The van der Waals surface area contributed by atoms with E-state index in [-0.39, 0.29) is 27.9 Å². The Morgan fingerprint density at radius 2 is 1.59 bits per heavy atom. The molecule has 1 aliphatic rings. The van der Waals surface area contributed by atoms with E-state index in [2.05, 4.69) is 48.5 Å². The van der Waals surface area contributed by atoms with Crippen LogP contribution in [0, 0.1) is 5.41 Å². The average molecular weight is 321 g/mol. The van der Waals surface area contributed by atoms with E-state index in [4.69, 9.17) is 0 Å². The van der Waals surface area contributed by atoms with Crippen LogP contribution in [0.2, 0.25) is 0 Å². The van der Waals surface area contributed by atoms with Crippen molar-refractivity contribution in [3.05, 3.63) is 29.8 Å². The molecule has 122 valence electrons. The molecule has 0 spiro atoms. The number of thioether (sulfide) groups is 1. The van der Waals surface area contributed by atoms with E-state index in [0.717, 1.165) is 5.56 Å². The van der Waals surface area contributed by atoms with E-state index in [9.17, 15) is 9.90 Å². The molecule has 1 aromatic rings. The summed E-state index contributed by atoms with van der Waals surface area (Å²) in [7, 11) is 0. The molecule has 2 atom stereocenters. The molecule has 3 nitrogen and oxygen atoms in total. The molecule has 2 rings (SSSR count). The van der Waals surface area contributed by atoms with Gasteiger partial charge < -0.3 is 10.0 Å². The Kier molecular flexibility index (Phi) is 4.06. The van der Waals surface area contributed by atoms with Gasteiger partial charge >= 0.3 is 0 Å². The molecule has 1 heterocycles. The average Bonchev–Trinajstić information content (AvgIpc) is 2.62. The van der Waals surface area contributed by atoms with Crippen molar-refractivity contribution < 1.29 is 9.90 Å². The van der Waals surface area contributed by atoms with Gasteiger partial charge in [-0.15, -0.1) is 11.8 Å². The van der Waals surface area contributed by atoms with Crippen LogP contribution in [0.25, 0.3) is 0 Å². The first kappa shape index (κ1) is 17.2. The van der Waals surface area contributed by atoms with Gasteiger partial charge in [0.25, 0.3) is 0 Å². The Morgan fingerprint density at radius 3 is 2.00 bits per heavy atom. The number of hydrogen-bond acceptors (Lipinski definition) is 3. The molecule has 0 saturated carbocycles. The molecule has 0 aromatic heterocycles. The molecular formula is C18H27NO2S. The van der Waals surface area contributed by atoms with Crippen molar-refractivity contribution in [3.63, 3.8) is 0 Å². The summed E-state index contributed by atoms with van der Waals surface area (Å²) < 4.78 is 0. The fraction of sp³-hybridized carbons (Fsp3) is 0.611. The second kappa shape index (κ2) is 5.19. The van der Waals surface area contributed by atoms with Crippen molar-refractivity contribution >= 4 is 17.7 Å². The fourth-order valence-corrected chi connectivity index (χ4v) is 4.91. The third-order valence-electron chi connectivity index (χ3n) is 4.08. The zero-order valence-electron chi connectivity index (χ0n) is 14.6. The Labute approximate surface area is 138 Å². The van der Waals surface area contributed by atoms with Crippen molar-refractivity contribution in [1.82, 2.24) is 4.90 Å². The molecular weight excluding hydrogens is 294 g/mol. The number of carbonyl (C=O) groups is 1. The molecule has 0 radical (unpaired) electrons. The monoisotopic (exact) mass is 321 g/mol. The molecule has 0 aliphatic carbocycles. The molecule has 2 unspecified atom stereocenters. The number of hydrogen-bond donors (Lipinski definition) is 1. The maximum atomic E-state index is 13.1. The number of phenolic OH excluding ortho intramolecular Hbond substituents is 1. The third-order valence-corrected chi connectivity index (χ3v) is 6.10. The Bertz CT molecular complexity index is 568. The number of benzene rings is 1. The number of carbonyl (C=O) groups excluding carboxylic acids is 1. The zero-order chi connectivity index (χ0) is 16.9. The number of nitrogens with zero attached hydrogens (tertiary/aromatic N) is 1. The number of rotatable bonds is 1. The van der Waals surface area contributed by atoms with Crippen LogP contribution in [0.1, 0.15) is 54.0 Å². The van der Waals surface area contributed by atoms with Gasteiger partial charge in [-0.1, -0.05) is 32.9 Å². The quantitative estimate of drug-likeness (QED) is 0.836. The van der Waals surface area contributed by atoms with Gasteiger partial charge in [0.1, 0.15) is 10.6 Å². The molecule has 1 aromatic carbocycles. The van der Waals surface area contributed by atoms with Crippen LogP contribution in [-0.2, 0) is 9.67 Å². The van der Waals surface area contributed by atoms with E-state index in [1.54, 1.807) is 23.9 Å². The van der Waals surface area contributed by atoms with Crippen molar-refractivity contribution in [2.24, 2.45) is 5.41 Å². The Hall–Kier alpha value is -1.16. The first-order valence-corrected chi connectivity index (χ1v) is 8.57. The highest BCUT2D eigenvalue weighted by molar-refractivity contribution is 8.02. The van der Waals surface area contributed by atoms with Gasteiger partial charge in [0, 0.05) is 5.54 Å². The summed E-state index contributed by atoms with van der Waals surface area (Å²) in [4.78, 5) is 14.7. The Morgan fingerprint density at radius 1 is 1.09 bits per heavy atom. The summed E-state index contributed by atoms with van der Waals surface area (Å²) in [6.07, 6.45) is 0. The summed E-state index contributed by atoms with van der Waals surface area (Å²) >= 11 is 1.72. The zero-order valence-corrected chi connectivity index (χ0v) is 15.4. The van der Waals surface area contributed by atoms with E-state index in [0.29, 0.717) is 0 Å². The summed E-state index contributed by atoms with van der Waals surface area (Å²) in [5.74, 6) is 0.442. The first-order valence-electron chi connectivity index (χ1n) is 7.69. The van der Waals surface area contributed by atoms with Crippen LogP contribution in [0.4, 0.5) is 0 Å². The molecule has 1 amide bonds.